The van der Waals surface area contributed by atoms with Crippen LogP contribution in [0.1, 0.15) is 12.5 Å². The Bertz CT molecular complexity index is 829. The number of rotatable bonds is 4. The highest BCUT2D eigenvalue weighted by Gasteiger charge is 2.13. The summed E-state index contributed by atoms with van der Waals surface area (Å²) in [6.45, 7) is 1.67. The zero-order chi connectivity index (χ0) is 17.7. The van der Waals surface area contributed by atoms with Crippen LogP contribution in [0.3, 0.4) is 0 Å². The number of hydrazone groups is 1. The summed E-state index contributed by atoms with van der Waals surface area (Å²) in [5.41, 5.74) is 3.73. The van der Waals surface area contributed by atoms with Crippen molar-refractivity contribution in [1.82, 2.24) is 5.43 Å². The van der Waals surface area contributed by atoms with Crippen LogP contribution in [0.2, 0.25) is 5.02 Å². The van der Waals surface area contributed by atoms with Crippen molar-refractivity contribution in [2.24, 2.45) is 5.10 Å². The van der Waals surface area contributed by atoms with Gasteiger partial charge in [0, 0.05) is 11.6 Å². The highest BCUT2D eigenvalue weighted by molar-refractivity contribution is 7.80. The molecule has 0 aromatic heterocycles. The quantitative estimate of drug-likeness (QED) is 0.368. The number of nitro benzene ring substituents is 1. The molecule has 0 fully saturated rings. The van der Waals surface area contributed by atoms with Crippen molar-refractivity contribution in [1.29, 1.82) is 0 Å². The lowest BCUT2D eigenvalue weighted by Crippen LogP contribution is -2.25. The minimum Gasteiger partial charge on any atom is -0.326 e. The molecule has 0 amide bonds. The molecule has 0 aliphatic heterocycles. The Balaban J connectivity index is 2.09. The van der Waals surface area contributed by atoms with E-state index in [0.29, 0.717) is 11.3 Å². The maximum Gasteiger partial charge on any atom is 0.292 e. The van der Waals surface area contributed by atoms with Gasteiger partial charge in [-0.1, -0.05) is 23.7 Å². The lowest BCUT2D eigenvalue weighted by Gasteiger charge is -2.09. The molecule has 0 spiro atoms. The van der Waals surface area contributed by atoms with Crippen molar-refractivity contribution in [2.45, 2.75) is 6.92 Å². The number of nitrogens with one attached hydrogen (secondary N) is 2. The molecular weight excluding hydrogens is 355 g/mol. The van der Waals surface area contributed by atoms with Crippen molar-refractivity contribution in [3.63, 3.8) is 0 Å². The smallest absolute Gasteiger partial charge is 0.292 e. The Labute approximate surface area is 147 Å². The van der Waals surface area contributed by atoms with Gasteiger partial charge in [0.05, 0.1) is 15.7 Å². The molecular formula is C15H12ClFN4O2S. The zero-order valence-corrected chi connectivity index (χ0v) is 14.0. The van der Waals surface area contributed by atoms with Gasteiger partial charge in [0.2, 0.25) is 0 Å². The molecule has 0 heterocycles. The van der Waals surface area contributed by atoms with Crippen LogP contribution in [0.4, 0.5) is 15.8 Å². The third kappa shape index (κ3) is 4.46. The molecule has 9 heteroatoms. The van der Waals surface area contributed by atoms with Gasteiger partial charge < -0.3 is 5.32 Å². The normalized spacial score (nSPS) is 11.0. The van der Waals surface area contributed by atoms with Gasteiger partial charge in [0.1, 0.15) is 11.5 Å². The van der Waals surface area contributed by atoms with Crippen LogP contribution in [0, 0.1) is 15.9 Å². The number of nitro groups is 1. The molecule has 0 atom stereocenters. The Hall–Kier alpha value is -2.58. The Morgan fingerprint density at radius 2 is 2.04 bits per heavy atom. The fourth-order valence-electron chi connectivity index (χ4n) is 1.87. The Kier molecular flexibility index (Phi) is 5.78. The third-order valence-corrected chi connectivity index (χ3v) is 3.50. The molecule has 0 saturated carbocycles. The van der Waals surface area contributed by atoms with E-state index in [1.807, 2.05) is 0 Å². The molecule has 2 aromatic carbocycles. The molecule has 24 heavy (non-hydrogen) atoms. The van der Waals surface area contributed by atoms with E-state index in [9.17, 15) is 14.5 Å². The fourth-order valence-corrected chi connectivity index (χ4v) is 2.33. The molecule has 6 nitrogen and oxygen atoms in total. The van der Waals surface area contributed by atoms with Gasteiger partial charge in [0.25, 0.3) is 5.69 Å². The largest absolute Gasteiger partial charge is 0.326 e. The van der Waals surface area contributed by atoms with E-state index >= 15 is 0 Å². The maximum atomic E-state index is 13.0. The van der Waals surface area contributed by atoms with Crippen LogP contribution in [-0.4, -0.2) is 15.7 Å². The van der Waals surface area contributed by atoms with Crippen LogP contribution in [0.5, 0.6) is 0 Å². The topological polar surface area (TPSA) is 79.6 Å². The number of para-hydroxylation sites is 2. The van der Waals surface area contributed by atoms with Gasteiger partial charge >= 0.3 is 0 Å². The SMILES string of the molecule is C/C(=N/NC(=S)Nc1ccccc1[N+](=O)[O-])c1ccc(F)cc1Cl. The molecule has 0 aliphatic rings. The number of nitrogens with zero attached hydrogens (tertiary/aromatic N) is 2. The summed E-state index contributed by atoms with van der Waals surface area (Å²) < 4.78 is 13.0. The summed E-state index contributed by atoms with van der Waals surface area (Å²) in [5.74, 6) is -0.446. The second-order valence-corrected chi connectivity index (χ2v) is 5.48. The van der Waals surface area contributed by atoms with E-state index in [1.54, 1.807) is 19.1 Å². The second-order valence-electron chi connectivity index (χ2n) is 4.66. The van der Waals surface area contributed by atoms with E-state index in [1.165, 1.54) is 30.3 Å². The first-order valence-corrected chi connectivity index (χ1v) is 7.47. The molecule has 0 radical (unpaired) electrons. The molecule has 2 rings (SSSR count). The average molecular weight is 367 g/mol. The van der Waals surface area contributed by atoms with Crippen molar-refractivity contribution >= 4 is 46.0 Å². The van der Waals surface area contributed by atoms with Gasteiger partial charge in [-0.05, 0) is 43.4 Å². The number of anilines is 1. The third-order valence-electron chi connectivity index (χ3n) is 3.00. The molecule has 0 bridgehead atoms. The lowest BCUT2D eigenvalue weighted by molar-refractivity contribution is -0.383. The summed E-state index contributed by atoms with van der Waals surface area (Å²) >= 11 is 11.0. The van der Waals surface area contributed by atoms with Crippen molar-refractivity contribution in [3.8, 4) is 0 Å². The number of hydrogen-bond donors (Lipinski definition) is 2. The molecule has 0 unspecified atom stereocenters. The molecule has 2 N–H and O–H groups in total. The van der Waals surface area contributed by atoms with Gasteiger partial charge in [-0.2, -0.15) is 5.10 Å². The predicted molar refractivity (Wildman–Crippen MR) is 96.1 cm³/mol. The summed E-state index contributed by atoms with van der Waals surface area (Å²) in [6, 6.07) is 10.0. The summed E-state index contributed by atoms with van der Waals surface area (Å²) in [4.78, 5) is 10.4. The van der Waals surface area contributed by atoms with Gasteiger partial charge in [-0.25, -0.2) is 4.39 Å². The maximum absolute atomic E-state index is 13.0. The van der Waals surface area contributed by atoms with Crippen LogP contribution in [0.25, 0.3) is 0 Å². The number of benzene rings is 2. The van der Waals surface area contributed by atoms with Crippen molar-refractivity contribution in [2.75, 3.05) is 5.32 Å². The van der Waals surface area contributed by atoms with E-state index in [0.717, 1.165) is 0 Å². The standard InChI is InChI=1S/C15H12ClFN4O2S/c1-9(11-7-6-10(17)8-12(11)16)19-20-15(24)18-13-4-2-3-5-14(13)21(22)23/h2-8H,1H3,(H2,18,20,24)/b19-9-. The lowest BCUT2D eigenvalue weighted by atomic mass is 10.1. The zero-order valence-electron chi connectivity index (χ0n) is 12.4. The molecule has 124 valence electrons. The monoisotopic (exact) mass is 366 g/mol. The van der Waals surface area contributed by atoms with Crippen LogP contribution in [0.15, 0.2) is 47.6 Å². The van der Waals surface area contributed by atoms with E-state index in [-0.39, 0.29) is 21.5 Å². The van der Waals surface area contributed by atoms with Crippen LogP contribution >= 0.6 is 23.8 Å². The molecule has 0 saturated heterocycles. The molecule has 2 aromatic rings. The first kappa shape index (κ1) is 17.8. The first-order chi connectivity index (χ1) is 11.4. The minimum absolute atomic E-state index is 0.0712. The van der Waals surface area contributed by atoms with Crippen molar-refractivity contribution in [3.05, 3.63) is 69.0 Å². The van der Waals surface area contributed by atoms with Gasteiger partial charge in [-0.3, -0.25) is 15.5 Å². The van der Waals surface area contributed by atoms with Gasteiger partial charge in [-0.15, -0.1) is 0 Å². The number of hydrogen-bond acceptors (Lipinski definition) is 4. The minimum atomic E-state index is -0.516. The Morgan fingerprint density at radius 1 is 1.33 bits per heavy atom. The number of thiocarbonyl (C=S) groups is 1. The summed E-state index contributed by atoms with van der Waals surface area (Å²) in [7, 11) is 0. The van der Waals surface area contributed by atoms with Crippen LogP contribution in [-0.2, 0) is 0 Å². The van der Waals surface area contributed by atoms with E-state index in [4.69, 9.17) is 23.8 Å². The highest BCUT2D eigenvalue weighted by atomic mass is 35.5. The molecule has 0 aliphatic carbocycles. The van der Waals surface area contributed by atoms with E-state index < -0.39 is 10.7 Å². The van der Waals surface area contributed by atoms with E-state index in [2.05, 4.69) is 15.8 Å². The number of halogens is 2. The van der Waals surface area contributed by atoms with Crippen molar-refractivity contribution < 1.29 is 9.31 Å². The highest BCUT2D eigenvalue weighted by Crippen LogP contribution is 2.23. The summed E-state index contributed by atoms with van der Waals surface area (Å²) in [5, 5.41) is 18.0. The van der Waals surface area contributed by atoms with Gasteiger partial charge in [0.15, 0.2) is 5.11 Å². The Morgan fingerprint density at radius 3 is 2.71 bits per heavy atom. The predicted octanol–water partition coefficient (Wildman–Crippen LogP) is 4.10. The summed E-state index contributed by atoms with van der Waals surface area (Å²) in [6.07, 6.45) is 0. The van der Waals surface area contributed by atoms with Crippen LogP contribution < -0.4 is 10.7 Å². The average Bonchev–Trinajstić information content (AvgIpc) is 2.53. The second kappa shape index (κ2) is 7.80. The fraction of sp³-hybridized carbons (Fsp3) is 0.0667. The first-order valence-electron chi connectivity index (χ1n) is 6.68.